The number of methoxy groups -OCH3 is 1. The molecule has 0 aromatic heterocycles. The first-order chi connectivity index (χ1) is 9.11. The van der Waals surface area contributed by atoms with Gasteiger partial charge < -0.3 is 9.64 Å². The number of hydrogen-bond acceptors (Lipinski definition) is 2. The average molecular weight is 324 g/mol. The zero-order valence-corrected chi connectivity index (χ0v) is 12.9. The summed E-state index contributed by atoms with van der Waals surface area (Å²) in [6.45, 7) is 4.07. The molecule has 1 aliphatic rings. The van der Waals surface area contributed by atoms with Crippen LogP contribution in [0.4, 0.5) is 0 Å². The highest BCUT2D eigenvalue weighted by molar-refractivity contribution is 9.10. The minimum absolute atomic E-state index is 0.103. The van der Waals surface area contributed by atoms with Crippen molar-refractivity contribution in [3.8, 4) is 0 Å². The summed E-state index contributed by atoms with van der Waals surface area (Å²) < 4.78 is 6.06. The van der Waals surface area contributed by atoms with Gasteiger partial charge in [-0.2, -0.15) is 0 Å². The molecule has 0 atom stereocenters. The Morgan fingerprint density at radius 3 is 2.89 bits per heavy atom. The van der Waals surface area contributed by atoms with Gasteiger partial charge in [0.15, 0.2) is 0 Å². The molecule has 1 amide bonds. The number of ether oxygens (including phenoxy) is 1. The number of halogens is 1. The minimum atomic E-state index is 0.103. The monoisotopic (exact) mass is 323 g/mol. The maximum atomic E-state index is 12.5. The zero-order valence-electron chi connectivity index (χ0n) is 11.3. The molecule has 0 aliphatic carbocycles. The number of hydrogen-bond donors (Lipinski definition) is 0. The first kappa shape index (κ1) is 14.3. The molecule has 0 bridgehead atoms. The summed E-state index contributed by atoms with van der Waals surface area (Å²) in [6.07, 6.45) is 2.99. The van der Waals surface area contributed by atoms with Crippen LogP contribution in [0.1, 0.15) is 22.3 Å². The smallest absolute Gasteiger partial charge is 0.254 e. The maximum absolute atomic E-state index is 12.5. The largest absolute Gasteiger partial charge is 0.380 e. The molecule has 1 aromatic rings. The molecule has 0 spiro atoms. The van der Waals surface area contributed by atoms with Crippen LogP contribution in [0.2, 0.25) is 0 Å². The zero-order chi connectivity index (χ0) is 13.8. The lowest BCUT2D eigenvalue weighted by Crippen LogP contribution is -2.35. The second-order valence-electron chi connectivity index (χ2n) is 4.76. The molecule has 0 unspecified atom stereocenters. The summed E-state index contributed by atoms with van der Waals surface area (Å²) in [6, 6.07) is 5.82. The van der Waals surface area contributed by atoms with Crippen molar-refractivity contribution >= 4 is 21.8 Å². The molecule has 0 saturated heterocycles. The maximum Gasteiger partial charge on any atom is 0.254 e. The van der Waals surface area contributed by atoms with Crippen molar-refractivity contribution in [3.63, 3.8) is 0 Å². The standard InChI is InChI=1S/C15H18BrNO2/c1-11-3-4-13(16)9-14(11)15(18)17-7-5-12(6-8-17)10-19-2/h3-5,9H,6-8,10H2,1-2H3. The van der Waals surface area contributed by atoms with Crippen LogP contribution < -0.4 is 0 Å². The van der Waals surface area contributed by atoms with Crippen molar-refractivity contribution in [3.05, 3.63) is 45.4 Å². The van der Waals surface area contributed by atoms with Crippen LogP contribution in [0.15, 0.2) is 34.3 Å². The summed E-state index contributed by atoms with van der Waals surface area (Å²) in [5.74, 6) is 0.103. The summed E-state index contributed by atoms with van der Waals surface area (Å²) in [5.41, 5.74) is 3.07. The van der Waals surface area contributed by atoms with Crippen molar-refractivity contribution in [1.29, 1.82) is 0 Å². The van der Waals surface area contributed by atoms with E-state index in [0.717, 1.165) is 28.6 Å². The van der Waals surface area contributed by atoms with Crippen LogP contribution >= 0.6 is 15.9 Å². The van der Waals surface area contributed by atoms with Crippen molar-refractivity contribution < 1.29 is 9.53 Å². The number of nitrogens with zero attached hydrogens (tertiary/aromatic N) is 1. The molecule has 0 saturated carbocycles. The first-order valence-electron chi connectivity index (χ1n) is 6.34. The van der Waals surface area contributed by atoms with E-state index in [1.807, 2.05) is 30.0 Å². The number of rotatable bonds is 3. The molecule has 1 aliphatic heterocycles. The third-order valence-electron chi connectivity index (χ3n) is 3.35. The van der Waals surface area contributed by atoms with Gasteiger partial charge in [0.1, 0.15) is 0 Å². The highest BCUT2D eigenvalue weighted by Gasteiger charge is 2.20. The van der Waals surface area contributed by atoms with Gasteiger partial charge in [-0.1, -0.05) is 28.1 Å². The SMILES string of the molecule is COCC1=CCN(C(=O)c2cc(Br)ccc2C)CC1. The van der Waals surface area contributed by atoms with Gasteiger partial charge in [-0.15, -0.1) is 0 Å². The first-order valence-corrected chi connectivity index (χ1v) is 7.13. The predicted octanol–water partition coefficient (Wildman–Crippen LogP) is 3.18. The van der Waals surface area contributed by atoms with E-state index in [-0.39, 0.29) is 5.91 Å². The Morgan fingerprint density at radius 2 is 2.26 bits per heavy atom. The number of carbonyl (C=O) groups excluding carboxylic acids is 1. The Labute approximate surface area is 122 Å². The normalized spacial score (nSPS) is 15.3. The predicted molar refractivity (Wildman–Crippen MR) is 79.4 cm³/mol. The lowest BCUT2D eigenvalue weighted by atomic mass is 10.0. The van der Waals surface area contributed by atoms with Crippen molar-refractivity contribution in [2.45, 2.75) is 13.3 Å². The third-order valence-corrected chi connectivity index (χ3v) is 3.84. The molecule has 4 heteroatoms. The van der Waals surface area contributed by atoms with Crippen molar-refractivity contribution in [2.24, 2.45) is 0 Å². The van der Waals surface area contributed by atoms with E-state index in [0.29, 0.717) is 13.2 Å². The third kappa shape index (κ3) is 3.45. The molecular formula is C15H18BrNO2. The molecule has 0 N–H and O–H groups in total. The molecule has 0 radical (unpaired) electrons. The second-order valence-corrected chi connectivity index (χ2v) is 5.67. The number of aryl methyl sites for hydroxylation is 1. The van der Waals surface area contributed by atoms with Crippen molar-refractivity contribution in [1.82, 2.24) is 4.90 Å². The molecule has 102 valence electrons. The summed E-state index contributed by atoms with van der Waals surface area (Å²) in [5, 5.41) is 0. The van der Waals surface area contributed by atoms with Crippen LogP contribution in [0, 0.1) is 6.92 Å². The summed E-state index contributed by atoms with van der Waals surface area (Å²) in [7, 11) is 1.70. The number of amides is 1. The highest BCUT2D eigenvalue weighted by atomic mass is 79.9. The Kier molecular flexibility index (Phi) is 4.77. The summed E-state index contributed by atoms with van der Waals surface area (Å²) in [4.78, 5) is 14.4. The average Bonchev–Trinajstić information content (AvgIpc) is 2.42. The number of carbonyl (C=O) groups is 1. The van der Waals surface area contributed by atoms with Crippen molar-refractivity contribution in [2.75, 3.05) is 26.8 Å². The minimum Gasteiger partial charge on any atom is -0.380 e. The lowest BCUT2D eigenvalue weighted by Gasteiger charge is -2.27. The van der Waals surface area contributed by atoms with Gasteiger partial charge in [0, 0.05) is 30.2 Å². The topological polar surface area (TPSA) is 29.5 Å². The number of benzene rings is 1. The molecule has 3 nitrogen and oxygen atoms in total. The Hall–Kier alpha value is -1.13. The van der Waals surface area contributed by atoms with Gasteiger partial charge in [0.05, 0.1) is 6.61 Å². The fourth-order valence-electron chi connectivity index (χ4n) is 2.21. The molecule has 19 heavy (non-hydrogen) atoms. The van der Waals surface area contributed by atoms with E-state index < -0.39 is 0 Å². The van der Waals surface area contributed by atoms with Gasteiger partial charge in [-0.25, -0.2) is 0 Å². The van der Waals surface area contributed by atoms with E-state index in [1.165, 1.54) is 5.57 Å². The Bertz CT molecular complexity index is 511. The fraction of sp³-hybridized carbons (Fsp3) is 0.400. The van der Waals surface area contributed by atoms with E-state index >= 15 is 0 Å². The van der Waals surface area contributed by atoms with Gasteiger partial charge in [0.25, 0.3) is 5.91 Å². The van der Waals surface area contributed by atoms with Crippen LogP contribution in [0.5, 0.6) is 0 Å². The second kappa shape index (κ2) is 6.35. The van der Waals surface area contributed by atoms with Gasteiger partial charge in [-0.3, -0.25) is 4.79 Å². The van der Waals surface area contributed by atoms with E-state index in [9.17, 15) is 4.79 Å². The van der Waals surface area contributed by atoms with E-state index in [1.54, 1.807) is 7.11 Å². The van der Waals surface area contributed by atoms with Crippen LogP contribution in [0.25, 0.3) is 0 Å². The summed E-state index contributed by atoms with van der Waals surface area (Å²) >= 11 is 3.42. The van der Waals surface area contributed by atoms with E-state index in [4.69, 9.17) is 4.74 Å². The van der Waals surface area contributed by atoms with Gasteiger partial charge >= 0.3 is 0 Å². The van der Waals surface area contributed by atoms with Crippen LogP contribution in [-0.2, 0) is 4.74 Å². The molecule has 1 heterocycles. The Morgan fingerprint density at radius 1 is 1.47 bits per heavy atom. The Balaban J connectivity index is 2.11. The van der Waals surface area contributed by atoms with Gasteiger partial charge in [0.2, 0.25) is 0 Å². The lowest BCUT2D eigenvalue weighted by molar-refractivity contribution is 0.0764. The van der Waals surface area contributed by atoms with Gasteiger partial charge in [-0.05, 0) is 36.6 Å². The molecule has 0 fully saturated rings. The van der Waals surface area contributed by atoms with Crippen LogP contribution in [0.3, 0.4) is 0 Å². The highest BCUT2D eigenvalue weighted by Crippen LogP contribution is 2.20. The molecular weight excluding hydrogens is 306 g/mol. The fourth-order valence-corrected chi connectivity index (χ4v) is 2.57. The van der Waals surface area contributed by atoms with E-state index in [2.05, 4.69) is 22.0 Å². The molecule has 2 rings (SSSR count). The van der Waals surface area contributed by atoms with Crippen LogP contribution in [-0.4, -0.2) is 37.6 Å². The molecule has 1 aromatic carbocycles. The quantitative estimate of drug-likeness (QED) is 0.799.